The van der Waals surface area contributed by atoms with E-state index in [2.05, 4.69) is 15.6 Å². The van der Waals surface area contributed by atoms with Gasteiger partial charge >= 0.3 is 0 Å². The zero-order valence-electron chi connectivity index (χ0n) is 17.8. The Morgan fingerprint density at radius 1 is 0.879 bits per heavy atom. The number of ether oxygens (including phenoxy) is 1. The predicted molar refractivity (Wildman–Crippen MR) is 126 cm³/mol. The first-order valence-corrected chi connectivity index (χ1v) is 11.5. The van der Waals surface area contributed by atoms with Crippen molar-refractivity contribution in [3.63, 3.8) is 0 Å². The molecule has 0 fully saturated rings. The summed E-state index contributed by atoms with van der Waals surface area (Å²) in [4.78, 5) is 24.2. The summed E-state index contributed by atoms with van der Waals surface area (Å²) < 4.78 is 32.9. The first kappa shape index (κ1) is 23.6. The van der Waals surface area contributed by atoms with E-state index in [1.807, 2.05) is 37.3 Å². The molecule has 3 N–H and O–H groups in total. The number of nitrogens with one attached hydrogen (secondary N) is 3. The Morgan fingerprint density at radius 2 is 1.55 bits per heavy atom. The van der Waals surface area contributed by atoms with Crippen molar-refractivity contribution < 1.29 is 22.7 Å². The molecule has 0 radical (unpaired) electrons. The van der Waals surface area contributed by atoms with Crippen LogP contribution in [-0.4, -0.2) is 26.8 Å². The van der Waals surface area contributed by atoms with E-state index in [4.69, 9.17) is 4.74 Å². The summed E-state index contributed by atoms with van der Waals surface area (Å²) >= 11 is 0. The molecule has 2 amide bonds. The quantitative estimate of drug-likeness (QED) is 0.349. The van der Waals surface area contributed by atoms with E-state index in [0.29, 0.717) is 12.4 Å². The van der Waals surface area contributed by atoms with Gasteiger partial charge in [0.25, 0.3) is 21.8 Å². The number of carbonyl (C=O) groups excluding carboxylic acids is 2. The molecule has 0 aliphatic rings. The summed E-state index contributed by atoms with van der Waals surface area (Å²) in [6.45, 7) is 2.32. The van der Waals surface area contributed by atoms with Crippen LogP contribution in [0.2, 0.25) is 0 Å². The van der Waals surface area contributed by atoms with Crippen LogP contribution in [0.1, 0.15) is 22.8 Å². The number of benzene rings is 3. The Balaban J connectivity index is 1.55. The Bertz CT molecular complexity index is 1220. The number of hydrogen-bond donors (Lipinski definition) is 3. The highest BCUT2D eigenvalue weighted by atomic mass is 32.2. The van der Waals surface area contributed by atoms with Crippen molar-refractivity contribution in [2.75, 3.05) is 11.3 Å². The lowest BCUT2D eigenvalue weighted by molar-refractivity contribution is -0.117. The summed E-state index contributed by atoms with van der Waals surface area (Å²) in [6, 6.07) is 21.1. The molecule has 3 rings (SSSR count). The zero-order valence-corrected chi connectivity index (χ0v) is 18.6. The van der Waals surface area contributed by atoms with E-state index in [9.17, 15) is 18.0 Å². The highest BCUT2D eigenvalue weighted by molar-refractivity contribution is 7.92. The van der Waals surface area contributed by atoms with E-state index in [0.717, 1.165) is 5.56 Å². The highest BCUT2D eigenvalue weighted by Crippen LogP contribution is 2.19. The molecular formula is C24H23N3O5S. The van der Waals surface area contributed by atoms with Crippen LogP contribution in [0, 0.1) is 0 Å². The minimum atomic E-state index is -3.80. The fraction of sp³-hybridized carbons (Fsp3) is 0.0833. The van der Waals surface area contributed by atoms with Gasteiger partial charge in [0.2, 0.25) is 0 Å². The van der Waals surface area contributed by atoms with Gasteiger partial charge in [0.05, 0.1) is 11.5 Å². The van der Waals surface area contributed by atoms with Crippen LogP contribution < -0.4 is 20.3 Å². The maximum absolute atomic E-state index is 12.5. The van der Waals surface area contributed by atoms with Gasteiger partial charge in [-0.25, -0.2) is 8.42 Å². The smallest absolute Gasteiger partial charge is 0.269 e. The van der Waals surface area contributed by atoms with Crippen molar-refractivity contribution in [3.05, 3.63) is 96.1 Å². The number of anilines is 1. The first-order valence-electron chi connectivity index (χ1n) is 10.1. The molecule has 3 aromatic rings. The maximum Gasteiger partial charge on any atom is 0.269 e. The van der Waals surface area contributed by atoms with Crippen LogP contribution >= 0.6 is 0 Å². The van der Waals surface area contributed by atoms with Crippen molar-refractivity contribution in [1.29, 1.82) is 0 Å². The molecule has 33 heavy (non-hydrogen) atoms. The fourth-order valence-electron chi connectivity index (χ4n) is 2.75. The van der Waals surface area contributed by atoms with Gasteiger partial charge in [-0.15, -0.1) is 0 Å². The first-order chi connectivity index (χ1) is 15.9. The Labute approximate surface area is 192 Å². The van der Waals surface area contributed by atoms with Crippen LogP contribution in [0.3, 0.4) is 0 Å². The predicted octanol–water partition coefficient (Wildman–Crippen LogP) is 3.36. The zero-order chi connectivity index (χ0) is 23.7. The van der Waals surface area contributed by atoms with E-state index in [1.54, 1.807) is 18.2 Å². The standard InChI is InChI=1S/C24H23N3O5S/c1-2-32-21-13-15-22(16-14-21)33(30,31)27-20-11-9-19(10-12-20)24(29)26-25-23(28)17-8-18-6-4-3-5-7-18/h3-17,27H,2H2,1H3,(H,25,28)(H,26,29)/b17-8+. The van der Waals surface area contributed by atoms with Crippen LogP contribution in [0.15, 0.2) is 89.8 Å². The number of amides is 2. The van der Waals surface area contributed by atoms with Crippen molar-refractivity contribution >= 4 is 33.6 Å². The number of hydrogen-bond acceptors (Lipinski definition) is 5. The maximum atomic E-state index is 12.5. The second kappa shape index (κ2) is 11.0. The van der Waals surface area contributed by atoms with Gasteiger partial charge in [-0.3, -0.25) is 25.2 Å². The van der Waals surface area contributed by atoms with Gasteiger partial charge in [-0.1, -0.05) is 30.3 Å². The molecular weight excluding hydrogens is 442 g/mol. The molecule has 0 bridgehead atoms. The van der Waals surface area contributed by atoms with Crippen molar-refractivity contribution in [3.8, 4) is 5.75 Å². The minimum Gasteiger partial charge on any atom is -0.494 e. The molecule has 170 valence electrons. The SMILES string of the molecule is CCOc1ccc(S(=O)(=O)Nc2ccc(C(=O)NNC(=O)/C=C/c3ccccc3)cc2)cc1. The molecule has 3 aromatic carbocycles. The lowest BCUT2D eigenvalue weighted by Crippen LogP contribution is -2.40. The van der Waals surface area contributed by atoms with Crippen molar-refractivity contribution in [2.24, 2.45) is 0 Å². The van der Waals surface area contributed by atoms with Crippen LogP contribution in [-0.2, 0) is 14.8 Å². The monoisotopic (exact) mass is 465 g/mol. The second-order valence-corrected chi connectivity index (χ2v) is 8.46. The molecule has 0 saturated carbocycles. The van der Waals surface area contributed by atoms with E-state index < -0.39 is 21.8 Å². The average Bonchev–Trinajstić information content (AvgIpc) is 2.82. The molecule has 8 nitrogen and oxygen atoms in total. The molecule has 9 heteroatoms. The van der Waals surface area contributed by atoms with Gasteiger partial charge in [-0.05, 0) is 67.1 Å². The molecule has 0 unspecified atom stereocenters. The summed E-state index contributed by atoms with van der Waals surface area (Å²) in [5, 5.41) is 0. The van der Waals surface area contributed by atoms with E-state index in [1.165, 1.54) is 42.5 Å². The highest BCUT2D eigenvalue weighted by Gasteiger charge is 2.15. The summed E-state index contributed by atoms with van der Waals surface area (Å²) in [6.07, 6.45) is 2.92. The normalized spacial score (nSPS) is 11.1. The Kier molecular flexibility index (Phi) is 7.82. The molecule has 0 aromatic heterocycles. The third-order valence-corrected chi connectivity index (χ3v) is 5.77. The third kappa shape index (κ3) is 6.94. The molecule has 0 atom stereocenters. The lowest BCUT2D eigenvalue weighted by atomic mass is 10.2. The fourth-order valence-corrected chi connectivity index (χ4v) is 3.81. The summed E-state index contributed by atoms with van der Waals surface area (Å²) in [5.41, 5.74) is 5.97. The van der Waals surface area contributed by atoms with Crippen LogP contribution in [0.4, 0.5) is 5.69 Å². The van der Waals surface area contributed by atoms with Crippen LogP contribution in [0.25, 0.3) is 6.08 Å². The lowest BCUT2D eigenvalue weighted by Gasteiger charge is -2.10. The molecule has 0 spiro atoms. The molecule has 0 heterocycles. The molecule has 0 aliphatic heterocycles. The molecule has 0 aliphatic carbocycles. The van der Waals surface area contributed by atoms with Crippen LogP contribution in [0.5, 0.6) is 5.75 Å². The number of sulfonamides is 1. The topological polar surface area (TPSA) is 114 Å². The molecule has 0 saturated heterocycles. The Hall–Kier alpha value is -4.11. The summed E-state index contributed by atoms with van der Waals surface area (Å²) in [7, 11) is -3.80. The van der Waals surface area contributed by atoms with Gasteiger partial charge in [-0.2, -0.15) is 0 Å². The van der Waals surface area contributed by atoms with Gasteiger partial charge < -0.3 is 4.74 Å². The minimum absolute atomic E-state index is 0.0824. The number of rotatable bonds is 8. The van der Waals surface area contributed by atoms with Crippen molar-refractivity contribution in [2.45, 2.75) is 11.8 Å². The third-order valence-electron chi connectivity index (χ3n) is 4.37. The van der Waals surface area contributed by atoms with Gasteiger partial charge in [0.1, 0.15) is 5.75 Å². The van der Waals surface area contributed by atoms with Gasteiger partial charge in [0.15, 0.2) is 0 Å². The van der Waals surface area contributed by atoms with Gasteiger partial charge in [0, 0.05) is 17.3 Å². The number of hydrazine groups is 1. The number of carbonyl (C=O) groups is 2. The van der Waals surface area contributed by atoms with E-state index in [-0.39, 0.29) is 16.1 Å². The van der Waals surface area contributed by atoms with Crippen molar-refractivity contribution in [1.82, 2.24) is 10.9 Å². The average molecular weight is 466 g/mol. The Morgan fingerprint density at radius 3 is 2.18 bits per heavy atom. The largest absolute Gasteiger partial charge is 0.494 e. The summed E-state index contributed by atoms with van der Waals surface area (Å²) in [5.74, 6) is -0.459. The second-order valence-electron chi connectivity index (χ2n) is 6.77. The van der Waals surface area contributed by atoms with E-state index >= 15 is 0 Å².